The lowest BCUT2D eigenvalue weighted by molar-refractivity contribution is -0.141. The van der Waals surface area contributed by atoms with Crippen molar-refractivity contribution in [2.75, 3.05) is 84.6 Å². The molecule has 26 N–H and O–H groups in total. The van der Waals surface area contributed by atoms with Crippen LogP contribution < -0.4 is 101 Å². The van der Waals surface area contributed by atoms with Crippen LogP contribution in [0.4, 0.5) is 87.6 Å². The Balaban J connectivity index is 0.000000799. The highest BCUT2D eigenvalue weighted by Crippen LogP contribution is 2.30. The minimum absolute atomic E-state index is 0.0111. The van der Waals surface area contributed by atoms with E-state index in [4.69, 9.17) is 124 Å². The maximum Gasteiger partial charge on any atom is 0.408 e. The van der Waals surface area contributed by atoms with Crippen LogP contribution in [0.1, 0.15) is 131 Å². The molecule has 0 bridgehead atoms. The SMILES string of the molecule is CC(C)(C)OC(=O)N[C@@H](CCOc1ccccc1N)C(=O)O.CC(C)(C)OC(=O)N[C@@H](CNc1ccccc1N)C(=O)O.CC(C)(C)OC(=O)N[C@@H](CNc1ncc(F)cc1N)C(=O)O.CC(C)(C)OC(=O)N[C@@H](COc1cc(OC(F)F)ccc1N)C(=O)O.CC(C)(C)OC(=O)N[C@@H](COc1ccc(Cl)cc1N)C(=O)O.CC(C)(C)OC(=O)N[C@@H](COc1ccncc1N)C(=O)O. The van der Waals surface area contributed by atoms with Gasteiger partial charge in [-0.1, -0.05) is 35.9 Å². The molecule has 2 heterocycles. The fourth-order valence-corrected chi connectivity index (χ4v) is 9.14. The average molecular weight is 1910 g/mol. The maximum absolute atomic E-state index is 12.9. The van der Waals surface area contributed by atoms with Crippen molar-refractivity contribution < 1.29 is 153 Å². The Hall–Kier alpha value is -14.9. The summed E-state index contributed by atoms with van der Waals surface area (Å²) >= 11 is 5.76. The summed E-state index contributed by atoms with van der Waals surface area (Å²) in [7, 11) is 0. The molecular weight excluding hydrogens is 1790 g/mol. The molecule has 6 aromatic rings. The third-order valence-electron chi connectivity index (χ3n) is 14.5. The summed E-state index contributed by atoms with van der Waals surface area (Å²) in [5.74, 6) is -7.15. The van der Waals surface area contributed by atoms with Gasteiger partial charge in [-0.05, 0) is 179 Å². The predicted octanol–water partition coefficient (Wildman–Crippen LogP) is 10.4. The van der Waals surface area contributed by atoms with E-state index in [1.165, 1.54) is 42.7 Å². The van der Waals surface area contributed by atoms with E-state index < -0.39 is 161 Å². The number of rotatable bonds is 33. The highest BCUT2D eigenvalue weighted by atomic mass is 35.5. The van der Waals surface area contributed by atoms with Crippen molar-refractivity contribution in [2.45, 2.75) is 208 Å². The van der Waals surface area contributed by atoms with Crippen molar-refractivity contribution in [3.63, 3.8) is 0 Å². The number of benzene rings is 4. The van der Waals surface area contributed by atoms with Crippen LogP contribution in [-0.4, -0.2) is 229 Å². The summed E-state index contributed by atoms with van der Waals surface area (Å²) in [4.78, 5) is 144. The molecule has 0 aliphatic rings. The normalized spacial score (nSPS) is 12.4. The number of carboxylic acids is 6. The van der Waals surface area contributed by atoms with Crippen molar-refractivity contribution in [1.29, 1.82) is 0 Å². The van der Waals surface area contributed by atoms with E-state index in [0.29, 0.717) is 33.6 Å². The number of carboxylic acid groups (broad SMARTS) is 6. The van der Waals surface area contributed by atoms with Gasteiger partial charge in [0.2, 0.25) is 0 Å². The smallest absolute Gasteiger partial charge is 0.408 e. The first-order chi connectivity index (χ1) is 61.2. The molecule has 0 spiro atoms. The number of alkyl carbamates (subject to hydrolysis) is 6. The second-order valence-corrected chi connectivity index (χ2v) is 33.9. The Morgan fingerprint density at radius 3 is 1.10 bits per heavy atom. The van der Waals surface area contributed by atoms with Gasteiger partial charge in [0.15, 0.2) is 18.1 Å². The number of para-hydroxylation sites is 4. The van der Waals surface area contributed by atoms with E-state index in [1.54, 1.807) is 179 Å². The highest BCUT2D eigenvalue weighted by Gasteiger charge is 2.32. The van der Waals surface area contributed by atoms with E-state index in [1.807, 2.05) is 0 Å². The highest BCUT2D eigenvalue weighted by molar-refractivity contribution is 6.30. The van der Waals surface area contributed by atoms with Crippen LogP contribution in [0.5, 0.6) is 28.7 Å². The van der Waals surface area contributed by atoms with Gasteiger partial charge in [0.25, 0.3) is 0 Å². The Kier molecular flexibility index (Phi) is 47.6. The fourth-order valence-electron chi connectivity index (χ4n) is 8.96. The molecule has 49 heteroatoms. The summed E-state index contributed by atoms with van der Waals surface area (Å²) in [5.41, 5.74) is 31.8. The molecule has 4 aromatic carbocycles. The number of amides is 6. The Labute approximate surface area is 769 Å². The number of aliphatic carboxylic acids is 6. The Morgan fingerprint density at radius 2 is 0.729 bits per heavy atom. The molecule has 0 saturated carbocycles. The molecule has 45 nitrogen and oxygen atoms in total. The maximum atomic E-state index is 12.9. The van der Waals surface area contributed by atoms with Gasteiger partial charge in [-0.25, -0.2) is 66.9 Å². The molecule has 0 radical (unpaired) electrons. The van der Waals surface area contributed by atoms with E-state index in [-0.39, 0.29) is 85.1 Å². The number of alkyl halides is 2. The molecule has 0 fully saturated rings. The van der Waals surface area contributed by atoms with E-state index in [2.05, 4.69) is 57.2 Å². The number of nitrogens with zero attached hydrogens (tertiary/aromatic N) is 2. The number of anilines is 8. The summed E-state index contributed by atoms with van der Waals surface area (Å²) < 4.78 is 92.7. The first-order valence-corrected chi connectivity index (χ1v) is 40.1. The number of nitrogens with two attached hydrogens (primary N) is 6. The summed E-state index contributed by atoms with van der Waals surface area (Å²) in [5, 5.41) is 74.0. The first-order valence-electron chi connectivity index (χ1n) is 39.7. The van der Waals surface area contributed by atoms with Gasteiger partial charge in [0.1, 0.15) is 112 Å². The lowest BCUT2D eigenvalue weighted by Gasteiger charge is -2.22. The lowest BCUT2D eigenvalue weighted by atomic mass is 10.2. The summed E-state index contributed by atoms with van der Waals surface area (Å²) in [6.45, 7) is 25.8. The van der Waals surface area contributed by atoms with Gasteiger partial charge in [-0.3, -0.25) is 4.98 Å². The fraction of sp³-hybridized carbons (Fsp3) is 0.452. The van der Waals surface area contributed by atoms with Gasteiger partial charge in [-0.2, -0.15) is 8.78 Å². The Morgan fingerprint density at radius 1 is 0.376 bits per heavy atom. The van der Waals surface area contributed by atoms with Crippen LogP contribution in [-0.2, 0) is 57.2 Å². The molecule has 6 amide bonds. The topological polar surface area (TPSA) is 706 Å². The van der Waals surface area contributed by atoms with Gasteiger partial charge >= 0.3 is 79.0 Å². The van der Waals surface area contributed by atoms with Crippen molar-refractivity contribution in [2.24, 2.45) is 0 Å². The minimum atomic E-state index is -3.03. The van der Waals surface area contributed by atoms with Crippen LogP contribution in [0.3, 0.4) is 0 Å². The van der Waals surface area contributed by atoms with Crippen molar-refractivity contribution >= 4 is 130 Å². The van der Waals surface area contributed by atoms with Crippen LogP contribution >= 0.6 is 11.6 Å². The molecule has 6 rings (SSSR count). The molecule has 6 atom stereocenters. The third-order valence-corrected chi connectivity index (χ3v) is 14.8. The number of ether oxygens (including phenoxy) is 11. The lowest BCUT2D eigenvalue weighted by Crippen LogP contribution is -2.47. The van der Waals surface area contributed by atoms with Crippen LogP contribution in [0.25, 0.3) is 0 Å². The van der Waals surface area contributed by atoms with Crippen LogP contribution in [0.2, 0.25) is 5.02 Å². The third kappa shape index (κ3) is 53.6. The zero-order valence-corrected chi connectivity index (χ0v) is 77.2. The average Bonchev–Trinajstić information content (AvgIpc) is 0.857. The molecule has 133 heavy (non-hydrogen) atoms. The van der Waals surface area contributed by atoms with E-state index >= 15 is 0 Å². The second-order valence-electron chi connectivity index (χ2n) is 33.4. The van der Waals surface area contributed by atoms with Gasteiger partial charge < -0.3 is 160 Å². The number of carbonyl (C=O) groups excluding carboxylic acids is 6. The number of nitrogen functional groups attached to an aromatic ring is 6. The van der Waals surface area contributed by atoms with Gasteiger partial charge in [0.05, 0.1) is 58.8 Å². The minimum Gasteiger partial charge on any atom is -0.491 e. The second kappa shape index (κ2) is 54.6. The van der Waals surface area contributed by atoms with Gasteiger partial charge in [-0.15, -0.1) is 0 Å². The van der Waals surface area contributed by atoms with E-state index in [9.17, 15) is 70.7 Å². The number of nitrogens with one attached hydrogen (secondary N) is 8. The molecular formula is C84H120ClF3N16O29. The van der Waals surface area contributed by atoms with Gasteiger partial charge in [0, 0.05) is 48.9 Å². The molecule has 0 aliphatic carbocycles. The zero-order valence-electron chi connectivity index (χ0n) is 76.4. The number of hydrogen-bond donors (Lipinski definition) is 20. The van der Waals surface area contributed by atoms with Crippen molar-refractivity contribution in [3.05, 3.63) is 126 Å². The largest absolute Gasteiger partial charge is 0.491 e. The summed E-state index contributed by atoms with van der Waals surface area (Å²) in [6.07, 6.45) is -1.16. The molecule has 0 saturated heterocycles. The molecule has 0 unspecified atom stereocenters. The quantitative estimate of drug-likeness (QED) is 0.0134. The number of halogens is 4. The first kappa shape index (κ1) is 116. The number of aromatic nitrogens is 2. The standard InChI is InChI=1S/C15H20F2N2O6.C15H22N2O5.C14H19ClN2O5.C14H21N3O4.C13H19FN4O4.C13H19N3O5/c1-15(2,3)25-14(22)19-10(12(20)21)7-23-11-6-8(24-13(16)17)4-5-9(11)18;1-15(2,3)22-14(20)17-11(13(18)19)8-9-21-12-7-5-4-6-10(12)16;1-14(2,3)22-13(20)17-10(12(18)19)7-21-11-5-4-8(15)6-9(11)16;1-14(2,3)21-13(20)17-11(12(18)19)8-16-10-7-5-4-6-9(10)15;1-13(2,3)22-12(21)18-9(11(19)20)6-17-10-8(15)4-7(14)5-16-10;1-13(2,3)21-12(19)16-9(11(17)18)7-20-10-4-5-15-6-8(10)14/h4-6,10,13H,7,18H2,1-3H3,(H,19,22)(H,20,21);4-7,11H,8-9,16H2,1-3H3,(H,17,20)(H,18,19);4-6,10H,7,16H2,1-3H3,(H,17,20)(H,18,19);4-7,11,16H,8,15H2,1-3H3,(H,17,20)(H,18,19);4-5,9H,6,15H2,1-3H3,(H,16,17)(H,18,21)(H,19,20);4-6,9H,7,14H2,1-3H3,(H,16,19)(H,17,18)/t10-;11-;10-;11-;2*9-/m000000/s1. The summed E-state index contributed by atoms with van der Waals surface area (Å²) in [6, 6.07) is 17.1. The molecule has 738 valence electrons. The number of hydrogen-bond acceptors (Lipinski definition) is 33. The van der Waals surface area contributed by atoms with Crippen molar-refractivity contribution in [1.82, 2.24) is 41.9 Å². The Bertz CT molecular complexity index is 4620. The number of pyridine rings is 2. The monoisotopic (exact) mass is 1910 g/mol. The molecule has 0 aliphatic heterocycles. The van der Waals surface area contributed by atoms with Crippen LogP contribution in [0, 0.1) is 5.82 Å². The predicted molar refractivity (Wildman–Crippen MR) is 481 cm³/mol. The van der Waals surface area contributed by atoms with E-state index in [0.717, 1.165) is 18.3 Å². The van der Waals surface area contributed by atoms with Crippen LogP contribution in [0.15, 0.2) is 116 Å². The van der Waals surface area contributed by atoms with Crippen molar-refractivity contribution in [3.8, 4) is 28.7 Å². The molecule has 2 aromatic heterocycles. The zero-order chi connectivity index (χ0) is 102. The number of carbonyl (C=O) groups is 12.